The van der Waals surface area contributed by atoms with Crippen molar-refractivity contribution < 1.29 is 0 Å². The quantitative estimate of drug-likeness (QED) is 0.490. The number of hydrogen-bond acceptors (Lipinski definition) is 2. The molecule has 0 saturated carbocycles. The van der Waals surface area contributed by atoms with Crippen molar-refractivity contribution in [1.82, 2.24) is 9.80 Å². The maximum Gasteiger partial charge on any atom is 0.0192 e. The second kappa shape index (κ2) is 4.07. The summed E-state index contributed by atoms with van der Waals surface area (Å²) in [6.45, 7) is 7.06. The molecule has 0 aromatic heterocycles. The Kier molecular flexibility index (Phi) is 4.04. The third-order valence-corrected chi connectivity index (χ3v) is 2.34. The molecule has 2 heteroatoms. The lowest BCUT2D eigenvalue weighted by atomic mass is 10.6. The first kappa shape index (κ1) is 10.9. The fourth-order valence-electron chi connectivity index (χ4n) is 0.739. The van der Waals surface area contributed by atoms with Gasteiger partial charge in [-0.05, 0) is 27.9 Å². The maximum absolute atomic E-state index is 2.29. The summed E-state index contributed by atoms with van der Waals surface area (Å²) in [6, 6.07) is 1.77. The third-order valence-electron chi connectivity index (χ3n) is 2.34. The van der Waals surface area contributed by atoms with Gasteiger partial charge in [-0.15, -0.1) is 0 Å². The van der Waals surface area contributed by atoms with E-state index < -0.39 is 0 Å². The van der Waals surface area contributed by atoms with Crippen LogP contribution in [0.3, 0.4) is 0 Å². The molecule has 2 rings (SSSR count). The van der Waals surface area contributed by atoms with Crippen LogP contribution in [0, 0.1) is 0 Å². The highest BCUT2D eigenvalue weighted by molar-refractivity contribution is 4.79. The van der Waals surface area contributed by atoms with Crippen LogP contribution in [-0.4, -0.2) is 49.1 Å². The van der Waals surface area contributed by atoms with Crippen molar-refractivity contribution in [3.63, 3.8) is 0 Å². The van der Waals surface area contributed by atoms with E-state index in [1.165, 1.54) is 13.1 Å². The van der Waals surface area contributed by atoms with Crippen molar-refractivity contribution >= 4 is 0 Å². The Balaban J connectivity index is 0.000000167. The standard InChI is InChI=1S/2C4H9N.CH4/c2*1-4-3-5(4)2;/h2*4H,3H2,1-2H3;1H4. The van der Waals surface area contributed by atoms with Gasteiger partial charge in [-0.3, -0.25) is 0 Å². The van der Waals surface area contributed by atoms with Gasteiger partial charge in [0.15, 0.2) is 0 Å². The van der Waals surface area contributed by atoms with E-state index in [1.807, 2.05) is 0 Å². The van der Waals surface area contributed by atoms with Crippen LogP contribution in [0.25, 0.3) is 0 Å². The van der Waals surface area contributed by atoms with Crippen molar-refractivity contribution in [2.75, 3.05) is 27.2 Å². The summed E-state index contributed by atoms with van der Waals surface area (Å²) in [5.41, 5.74) is 0. The van der Waals surface area contributed by atoms with E-state index in [9.17, 15) is 0 Å². The molecule has 4 unspecified atom stereocenters. The molecule has 68 valence electrons. The molecule has 0 aliphatic carbocycles. The number of nitrogens with zero attached hydrogens (tertiary/aromatic N) is 2. The first-order valence-corrected chi connectivity index (χ1v) is 4.01. The number of hydrogen-bond donors (Lipinski definition) is 0. The molecule has 11 heavy (non-hydrogen) atoms. The minimum atomic E-state index is 0. The average molecular weight is 158 g/mol. The lowest BCUT2D eigenvalue weighted by Crippen LogP contribution is -1.84. The summed E-state index contributed by atoms with van der Waals surface area (Å²) in [4.78, 5) is 4.58. The number of likely N-dealkylation sites (N-methyl/N-ethyl adjacent to an activating group) is 2. The van der Waals surface area contributed by atoms with Gasteiger partial charge in [0, 0.05) is 25.2 Å². The fourth-order valence-corrected chi connectivity index (χ4v) is 0.739. The van der Waals surface area contributed by atoms with Crippen molar-refractivity contribution in [1.29, 1.82) is 0 Å². The van der Waals surface area contributed by atoms with Crippen LogP contribution < -0.4 is 0 Å². The zero-order chi connectivity index (χ0) is 7.72. The molecule has 2 aliphatic rings. The summed E-state index contributed by atoms with van der Waals surface area (Å²) in [5.74, 6) is 0. The summed E-state index contributed by atoms with van der Waals surface area (Å²) in [7, 11) is 4.26. The molecule has 4 atom stereocenters. The van der Waals surface area contributed by atoms with Crippen molar-refractivity contribution in [3.8, 4) is 0 Å². The molecule has 2 saturated heterocycles. The van der Waals surface area contributed by atoms with E-state index in [0.717, 1.165) is 12.1 Å². The van der Waals surface area contributed by atoms with E-state index in [2.05, 4.69) is 37.7 Å². The lowest BCUT2D eigenvalue weighted by Gasteiger charge is -1.75. The van der Waals surface area contributed by atoms with Crippen LogP contribution in [-0.2, 0) is 0 Å². The van der Waals surface area contributed by atoms with Crippen molar-refractivity contribution in [2.24, 2.45) is 0 Å². The summed E-state index contributed by atoms with van der Waals surface area (Å²) in [5, 5.41) is 0. The Morgan fingerprint density at radius 2 is 1.00 bits per heavy atom. The predicted molar refractivity (Wildman–Crippen MR) is 50.9 cm³/mol. The Hall–Kier alpha value is -0.0800. The Morgan fingerprint density at radius 3 is 1.00 bits per heavy atom. The molecule has 0 spiro atoms. The van der Waals surface area contributed by atoms with Crippen LogP contribution in [0.5, 0.6) is 0 Å². The van der Waals surface area contributed by atoms with E-state index in [0.29, 0.717) is 0 Å². The maximum atomic E-state index is 2.29. The van der Waals surface area contributed by atoms with Crippen LogP contribution >= 0.6 is 0 Å². The molecule has 2 aliphatic heterocycles. The van der Waals surface area contributed by atoms with Gasteiger partial charge in [0.05, 0.1) is 0 Å². The van der Waals surface area contributed by atoms with Crippen molar-refractivity contribution in [2.45, 2.75) is 33.4 Å². The summed E-state index contributed by atoms with van der Waals surface area (Å²) in [6.07, 6.45) is 0. The number of rotatable bonds is 0. The third kappa shape index (κ3) is 4.38. The van der Waals surface area contributed by atoms with Gasteiger partial charge in [0.25, 0.3) is 0 Å². The van der Waals surface area contributed by atoms with Crippen LogP contribution in [0.1, 0.15) is 21.3 Å². The van der Waals surface area contributed by atoms with Crippen LogP contribution in [0.15, 0.2) is 0 Å². The molecule has 2 heterocycles. The van der Waals surface area contributed by atoms with Gasteiger partial charge < -0.3 is 9.80 Å². The second-order valence-corrected chi connectivity index (χ2v) is 3.58. The van der Waals surface area contributed by atoms with Gasteiger partial charge in [0.1, 0.15) is 0 Å². The SMILES string of the molecule is C.CC1CN1C.CC1CN1C. The monoisotopic (exact) mass is 158 g/mol. The molecule has 0 amide bonds. The molecule has 0 bridgehead atoms. The highest BCUT2D eigenvalue weighted by atomic mass is 15.3. The van der Waals surface area contributed by atoms with Gasteiger partial charge in [-0.1, -0.05) is 7.43 Å². The van der Waals surface area contributed by atoms with E-state index in [1.54, 1.807) is 0 Å². The Bertz CT molecular complexity index is 88.1. The van der Waals surface area contributed by atoms with Crippen molar-refractivity contribution in [3.05, 3.63) is 0 Å². The zero-order valence-corrected chi connectivity index (χ0v) is 7.46. The largest absolute Gasteiger partial charge is 0.301 e. The molecular formula is C9H22N2. The highest BCUT2D eigenvalue weighted by Crippen LogP contribution is 2.09. The second-order valence-electron chi connectivity index (χ2n) is 3.58. The van der Waals surface area contributed by atoms with Gasteiger partial charge in [0.2, 0.25) is 0 Å². The summed E-state index contributed by atoms with van der Waals surface area (Å²) < 4.78 is 0. The minimum Gasteiger partial charge on any atom is -0.301 e. The lowest BCUT2D eigenvalue weighted by molar-refractivity contribution is 0.638. The van der Waals surface area contributed by atoms with E-state index >= 15 is 0 Å². The van der Waals surface area contributed by atoms with Crippen LogP contribution in [0.2, 0.25) is 0 Å². The van der Waals surface area contributed by atoms with E-state index in [4.69, 9.17) is 0 Å². The Labute approximate surface area is 71.2 Å². The molecule has 0 aromatic carbocycles. The first-order valence-electron chi connectivity index (χ1n) is 4.01. The summed E-state index contributed by atoms with van der Waals surface area (Å²) >= 11 is 0. The highest BCUT2D eigenvalue weighted by Gasteiger charge is 2.22. The van der Waals surface area contributed by atoms with E-state index in [-0.39, 0.29) is 7.43 Å². The molecular weight excluding hydrogens is 136 g/mol. The normalized spacial score (nSPS) is 44.7. The molecule has 2 nitrogen and oxygen atoms in total. The van der Waals surface area contributed by atoms with Gasteiger partial charge >= 0.3 is 0 Å². The van der Waals surface area contributed by atoms with Gasteiger partial charge in [-0.2, -0.15) is 0 Å². The smallest absolute Gasteiger partial charge is 0.0192 e. The molecule has 0 radical (unpaired) electrons. The fraction of sp³-hybridized carbons (Fsp3) is 1.00. The Morgan fingerprint density at radius 1 is 0.909 bits per heavy atom. The predicted octanol–water partition coefficient (Wildman–Crippen LogP) is 1.28. The topological polar surface area (TPSA) is 6.02 Å². The first-order chi connectivity index (χ1) is 4.61. The average Bonchev–Trinajstić information content (AvgIpc) is 2.62. The molecule has 0 N–H and O–H groups in total. The van der Waals surface area contributed by atoms with Crippen LogP contribution in [0.4, 0.5) is 0 Å². The zero-order valence-electron chi connectivity index (χ0n) is 7.46. The molecule has 2 fully saturated rings. The molecule has 0 aromatic rings. The van der Waals surface area contributed by atoms with Gasteiger partial charge in [-0.25, -0.2) is 0 Å². The minimum absolute atomic E-state index is 0.